The molecule has 10 nitrogen and oxygen atoms in total. The lowest BCUT2D eigenvalue weighted by Gasteiger charge is -2.35. The standard InChI is InChI=1S/C24H28N6O4/c25-24-26-10-15(11-27-24)12-29-8-2-1-3-17(29)14-34-18-4-5-19-16(9-18)13-30(23(19)33)20-6-7-21(31)28-22(20)32/h4-5,9-11,17,20H,1-3,6-8,12-14H2,(H2,25,26,27)(H,28,31,32). The number of nitrogens with one attached hydrogen (secondary N) is 1. The number of fused-ring (bicyclic) bond motifs is 1. The van der Waals surface area contributed by atoms with E-state index in [4.69, 9.17) is 10.5 Å². The minimum absolute atomic E-state index is 0.180. The monoisotopic (exact) mass is 464 g/mol. The van der Waals surface area contributed by atoms with Gasteiger partial charge in [-0.05, 0) is 49.6 Å². The molecular formula is C24H28N6O4. The summed E-state index contributed by atoms with van der Waals surface area (Å²) in [5.41, 5.74) is 8.04. The van der Waals surface area contributed by atoms with Crippen molar-refractivity contribution >= 4 is 23.7 Å². The Morgan fingerprint density at radius 1 is 1.12 bits per heavy atom. The number of carbonyl (C=O) groups is 3. The topological polar surface area (TPSA) is 131 Å². The second-order valence-corrected chi connectivity index (χ2v) is 9.10. The number of ether oxygens (including phenoxy) is 1. The molecule has 2 atom stereocenters. The van der Waals surface area contributed by atoms with Gasteiger partial charge >= 0.3 is 0 Å². The van der Waals surface area contributed by atoms with E-state index in [1.165, 1.54) is 0 Å². The van der Waals surface area contributed by atoms with Crippen LogP contribution in [0.15, 0.2) is 30.6 Å². The maximum Gasteiger partial charge on any atom is 0.255 e. The molecule has 178 valence electrons. The molecule has 10 heteroatoms. The number of carbonyl (C=O) groups excluding carboxylic acids is 3. The quantitative estimate of drug-likeness (QED) is 0.611. The van der Waals surface area contributed by atoms with Crippen molar-refractivity contribution < 1.29 is 19.1 Å². The number of imide groups is 1. The van der Waals surface area contributed by atoms with E-state index >= 15 is 0 Å². The molecule has 2 unspecified atom stereocenters. The first-order chi connectivity index (χ1) is 16.5. The van der Waals surface area contributed by atoms with Crippen molar-refractivity contribution in [2.75, 3.05) is 18.9 Å². The van der Waals surface area contributed by atoms with Gasteiger partial charge < -0.3 is 15.4 Å². The third kappa shape index (κ3) is 4.58. The molecule has 2 aromatic rings. The predicted octanol–water partition coefficient (Wildman–Crippen LogP) is 1.25. The number of nitrogens with two attached hydrogens (primary N) is 1. The van der Waals surface area contributed by atoms with Crippen LogP contribution in [0, 0.1) is 0 Å². The van der Waals surface area contributed by atoms with E-state index in [1.807, 2.05) is 12.1 Å². The Bertz CT molecular complexity index is 1110. The van der Waals surface area contributed by atoms with Crippen molar-refractivity contribution in [2.24, 2.45) is 0 Å². The number of hydrogen-bond acceptors (Lipinski definition) is 8. The zero-order valence-electron chi connectivity index (χ0n) is 18.9. The molecule has 0 radical (unpaired) electrons. The second kappa shape index (κ2) is 9.38. The maximum atomic E-state index is 12.9. The first-order valence-corrected chi connectivity index (χ1v) is 11.7. The summed E-state index contributed by atoms with van der Waals surface area (Å²) in [6.45, 7) is 2.61. The summed E-state index contributed by atoms with van der Waals surface area (Å²) in [4.78, 5) is 48.7. The van der Waals surface area contributed by atoms with Gasteiger partial charge in [0, 0.05) is 49.1 Å². The molecule has 3 amide bonds. The van der Waals surface area contributed by atoms with Gasteiger partial charge in [-0.1, -0.05) is 6.42 Å². The normalized spacial score (nSPS) is 23.1. The van der Waals surface area contributed by atoms with Gasteiger partial charge in [0.15, 0.2) is 0 Å². The van der Waals surface area contributed by atoms with Crippen LogP contribution in [-0.2, 0) is 22.7 Å². The average molecular weight is 465 g/mol. The third-order valence-corrected chi connectivity index (χ3v) is 6.80. The predicted molar refractivity (Wildman–Crippen MR) is 122 cm³/mol. The summed E-state index contributed by atoms with van der Waals surface area (Å²) in [7, 11) is 0. The zero-order chi connectivity index (χ0) is 23.7. The van der Waals surface area contributed by atoms with E-state index < -0.39 is 11.9 Å². The third-order valence-electron chi connectivity index (χ3n) is 6.80. The summed E-state index contributed by atoms with van der Waals surface area (Å²) in [5.74, 6) is 0.103. The second-order valence-electron chi connectivity index (χ2n) is 9.10. The molecule has 1 aromatic carbocycles. The van der Waals surface area contributed by atoms with Crippen LogP contribution in [0.2, 0.25) is 0 Å². The molecule has 1 aromatic heterocycles. The van der Waals surface area contributed by atoms with Gasteiger partial charge in [-0.3, -0.25) is 24.6 Å². The first kappa shape index (κ1) is 22.3. The van der Waals surface area contributed by atoms with Gasteiger partial charge in [-0.25, -0.2) is 9.97 Å². The Morgan fingerprint density at radius 3 is 2.74 bits per heavy atom. The van der Waals surface area contributed by atoms with Gasteiger partial charge in [-0.2, -0.15) is 0 Å². The number of benzene rings is 1. The lowest BCUT2D eigenvalue weighted by Crippen LogP contribution is -2.52. The highest BCUT2D eigenvalue weighted by Gasteiger charge is 2.39. The molecule has 5 rings (SSSR count). The van der Waals surface area contributed by atoms with Crippen molar-refractivity contribution in [2.45, 2.75) is 57.3 Å². The number of aromatic nitrogens is 2. The molecule has 3 aliphatic rings. The number of amides is 3. The molecule has 0 spiro atoms. The number of anilines is 1. The molecule has 0 aliphatic carbocycles. The van der Waals surface area contributed by atoms with Crippen LogP contribution in [0.5, 0.6) is 5.75 Å². The summed E-state index contributed by atoms with van der Waals surface area (Å²) >= 11 is 0. The Labute approximate surface area is 197 Å². The van der Waals surface area contributed by atoms with Crippen molar-refractivity contribution in [1.82, 2.24) is 25.1 Å². The summed E-state index contributed by atoms with van der Waals surface area (Å²) in [6, 6.07) is 5.12. The Kier molecular flexibility index (Phi) is 6.14. The highest BCUT2D eigenvalue weighted by Crippen LogP contribution is 2.30. The van der Waals surface area contributed by atoms with Crippen LogP contribution < -0.4 is 15.8 Å². The van der Waals surface area contributed by atoms with E-state index in [0.29, 0.717) is 30.9 Å². The largest absolute Gasteiger partial charge is 0.492 e. The lowest BCUT2D eigenvalue weighted by atomic mass is 10.0. The van der Waals surface area contributed by atoms with E-state index in [-0.39, 0.29) is 30.2 Å². The van der Waals surface area contributed by atoms with Crippen LogP contribution in [0.4, 0.5) is 5.95 Å². The van der Waals surface area contributed by atoms with Gasteiger partial charge in [-0.15, -0.1) is 0 Å². The summed E-state index contributed by atoms with van der Waals surface area (Å²) < 4.78 is 6.16. The van der Waals surface area contributed by atoms with Crippen LogP contribution in [-0.4, -0.2) is 62.7 Å². The fourth-order valence-corrected chi connectivity index (χ4v) is 4.97. The number of nitrogen functional groups attached to an aromatic ring is 1. The average Bonchev–Trinajstić information content (AvgIpc) is 3.15. The zero-order valence-corrected chi connectivity index (χ0v) is 18.9. The van der Waals surface area contributed by atoms with Crippen molar-refractivity contribution in [3.63, 3.8) is 0 Å². The Hall–Kier alpha value is -3.53. The molecule has 4 heterocycles. The van der Waals surface area contributed by atoms with E-state index in [2.05, 4.69) is 20.2 Å². The van der Waals surface area contributed by atoms with Crippen LogP contribution >= 0.6 is 0 Å². The SMILES string of the molecule is Nc1ncc(CN2CCCCC2COc2ccc3c(c2)CN(C2CCC(=O)NC2=O)C3=O)cn1. The molecule has 34 heavy (non-hydrogen) atoms. The Balaban J connectivity index is 1.22. The van der Waals surface area contributed by atoms with Crippen LogP contribution in [0.3, 0.4) is 0 Å². The fraction of sp³-hybridized carbons (Fsp3) is 0.458. The van der Waals surface area contributed by atoms with E-state index in [0.717, 1.165) is 43.5 Å². The summed E-state index contributed by atoms with van der Waals surface area (Å²) in [6.07, 6.45) is 7.46. The highest BCUT2D eigenvalue weighted by molar-refractivity contribution is 6.05. The van der Waals surface area contributed by atoms with Crippen LogP contribution in [0.1, 0.15) is 53.6 Å². The number of rotatable bonds is 6. The molecule has 3 N–H and O–H groups in total. The minimum Gasteiger partial charge on any atom is -0.492 e. The van der Waals surface area contributed by atoms with E-state index in [9.17, 15) is 14.4 Å². The van der Waals surface area contributed by atoms with Gasteiger partial charge in [0.25, 0.3) is 5.91 Å². The minimum atomic E-state index is -0.616. The van der Waals surface area contributed by atoms with Crippen molar-refractivity contribution in [3.05, 3.63) is 47.3 Å². The molecule has 0 bridgehead atoms. The number of nitrogens with zero attached hydrogens (tertiary/aromatic N) is 4. The fourth-order valence-electron chi connectivity index (χ4n) is 4.97. The number of likely N-dealkylation sites (tertiary alicyclic amines) is 1. The molecular weight excluding hydrogens is 436 g/mol. The molecule has 2 fully saturated rings. The van der Waals surface area contributed by atoms with Crippen LogP contribution in [0.25, 0.3) is 0 Å². The summed E-state index contributed by atoms with van der Waals surface area (Å²) in [5, 5.41) is 2.33. The van der Waals surface area contributed by atoms with Gasteiger partial charge in [0.1, 0.15) is 18.4 Å². The molecule has 2 saturated heterocycles. The van der Waals surface area contributed by atoms with Crippen molar-refractivity contribution in [3.8, 4) is 5.75 Å². The van der Waals surface area contributed by atoms with Gasteiger partial charge in [0.05, 0.1) is 0 Å². The van der Waals surface area contributed by atoms with Gasteiger partial charge in [0.2, 0.25) is 17.8 Å². The Morgan fingerprint density at radius 2 is 1.94 bits per heavy atom. The molecule has 0 saturated carbocycles. The lowest BCUT2D eigenvalue weighted by molar-refractivity contribution is -0.136. The molecule has 3 aliphatic heterocycles. The number of piperidine rings is 2. The number of hydrogen-bond donors (Lipinski definition) is 2. The highest BCUT2D eigenvalue weighted by atomic mass is 16.5. The smallest absolute Gasteiger partial charge is 0.255 e. The van der Waals surface area contributed by atoms with Crippen molar-refractivity contribution in [1.29, 1.82) is 0 Å². The first-order valence-electron chi connectivity index (χ1n) is 11.7. The maximum absolute atomic E-state index is 12.9. The van der Waals surface area contributed by atoms with E-state index in [1.54, 1.807) is 23.4 Å².